The molecule has 0 aliphatic heterocycles. The Morgan fingerprint density at radius 1 is 1.21 bits per heavy atom. The minimum Gasteiger partial charge on any atom is -0.465 e. The normalized spacial score (nSPS) is 25.4. The van der Waals surface area contributed by atoms with Gasteiger partial charge in [0.05, 0.1) is 6.04 Å². The Hall–Kier alpha value is -0.760. The van der Waals surface area contributed by atoms with Crippen LogP contribution in [0.3, 0.4) is 0 Å². The van der Waals surface area contributed by atoms with E-state index in [4.69, 9.17) is 4.42 Å². The Morgan fingerprint density at radius 3 is 2.47 bits per heavy atom. The Balaban J connectivity index is 2.01. The number of hydrogen-bond acceptors (Lipinski definition) is 2. The minimum atomic E-state index is 0.423. The molecule has 1 fully saturated rings. The third-order valence-electron chi connectivity index (χ3n) is 4.62. The van der Waals surface area contributed by atoms with Crippen molar-refractivity contribution in [2.24, 2.45) is 11.8 Å². The van der Waals surface area contributed by atoms with Crippen LogP contribution in [-0.4, -0.2) is 6.54 Å². The third-order valence-corrected chi connectivity index (χ3v) is 4.62. The summed E-state index contributed by atoms with van der Waals surface area (Å²) in [5, 5.41) is 3.71. The fourth-order valence-corrected chi connectivity index (χ4v) is 3.35. The van der Waals surface area contributed by atoms with E-state index >= 15 is 0 Å². The zero-order chi connectivity index (χ0) is 13.7. The zero-order valence-corrected chi connectivity index (χ0v) is 12.7. The SMILES string of the molecule is CCCNC(c1ccc(C)o1)C1CCC(CC)CC1. The summed E-state index contributed by atoms with van der Waals surface area (Å²) in [7, 11) is 0. The standard InChI is InChI=1S/C17H29NO/c1-4-12-18-17(16-11-6-13(3)19-16)15-9-7-14(5-2)8-10-15/h6,11,14-15,17-18H,4-5,7-10,12H2,1-3H3. The molecule has 108 valence electrons. The molecule has 1 aliphatic rings. The summed E-state index contributed by atoms with van der Waals surface area (Å²) in [5.41, 5.74) is 0. The monoisotopic (exact) mass is 263 g/mol. The molecular formula is C17H29NO. The number of furan rings is 1. The lowest BCUT2D eigenvalue weighted by Crippen LogP contribution is -2.31. The first kappa shape index (κ1) is 14.6. The van der Waals surface area contributed by atoms with Gasteiger partial charge in [-0.25, -0.2) is 0 Å². The van der Waals surface area contributed by atoms with E-state index in [1.54, 1.807) is 0 Å². The van der Waals surface area contributed by atoms with E-state index in [2.05, 4.69) is 31.3 Å². The quantitative estimate of drug-likeness (QED) is 0.794. The fourth-order valence-electron chi connectivity index (χ4n) is 3.35. The van der Waals surface area contributed by atoms with E-state index in [-0.39, 0.29) is 0 Å². The smallest absolute Gasteiger partial charge is 0.121 e. The average Bonchev–Trinajstić information content (AvgIpc) is 2.86. The lowest BCUT2D eigenvalue weighted by Gasteiger charge is -2.33. The van der Waals surface area contributed by atoms with Crippen LogP contribution in [0.5, 0.6) is 0 Å². The van der Waals surface area contributed by atoms with Crippen molar-refractivity contribution in [1.82, 2.24) is 5.32 Å². The molecule has 0 amide bonds. The van der Waals surface area contributed by atoms with Crippen LogP contribution < -0.4 is 5.32 Å². The molecule has 1 N–H and O–H groups in total. The van der Waals surface area contributed by atoms with Gasteiger partial charge in [-0.1, -0.05) is 33.1 Å². The van der Waals surface area contributed by atoms with Crippen LogP contribution in [0.2, 0.25) is 0 Å². The van der Waals surface area contributed by atoms with Crippen LogP contribution in [-0.2, 0) is 0 Å². The van der Waals surface area contributed by atoms with E-state index in [0.29, 0.717) is 6.04 Å². The van der Waals surface area contributed by atoms with Gasteiger partial charge in [-0.3, -0.25) is 0 Å². The van der Waals surface area contributed by atoms with E-state index in [1.807, 2.05) is 6.92 Å². The van der Waals surface area contributed by atoms with Crippen molar-refractivity contribution in [2.45, 2.75) is 65.3 Å². The third kappa shape index (κ3) is 3.85. The molecule has 0 spiro atoms. The molecule has 1 aromatic heterocycles. The topological polar surface area (TPSA) is 25.2 Å². The van der Waals surface area contributed by atoms with Crippen molar-refractivity contribution >= 4 is 0 Å². The summed E-state index contributed by atoms with van der Waals surface area (Å²) >= 11 is 0. The van der Waals surface area contributed by atoms with Gasteiger partial charge in [0.25, 0.3) is 0 Å². The van der Waals surface area contributed by atoms with Gasteiger partial charge in [0, 0.05) is 0 Å². The predicted molar refractivity (Wildman–Crippen MR) is 80.2 cm³/mol. The molecule has 1 heterocycles. The van der Waals surface area contributed by atoms with Crippen LogP contribution >= 0.6 is 0 Å². The lowest BCUT2D eigenvalue weighted by atomic mass is 9.77. The highest BCUT2D eigenvalue weighted by Gasteiger charge is 2.29. The minimum absolute atomic E-state index is 0.423. The Labute approximate surface area is 118 Å². The van der Waals surface area contributed by atoms with Crippen molar-refractivity contribution in [3.8, 4) is 0 Å². The molecule has 1 atom stereocenters. The summed E-state index contributed by atoms with van der Waals surface area (Å²) in [4.78, 5) is 0. The Kier molecular flexibility index (Phi) is 5.50. The number of hydrogen-bond donors (Lipinski definition) is 1. The van der Waals surface area contributed by atoms with Gasteiger partial charge < -0.3 is 9.73 Å². The Bertz CT molecular complexity index is 363. The molecule has 1 unspecified atom stereocenters. The van der Waals surface area contributed by atoms with E-state index in [9.17, 15) is 0 Å². The van der Waals surface area contributed by atoms with Gasteiger partial charge in [-0.2, -0.15) is 0 Å². The van der Waals surface area contributed by atoms with Crippen LogP contribution in [0, 0.1) is 18.8 Å². The van der Waals surface area contributed by atoms with E-state index in [1.165, 1.54) is 38.5 Å². The summed E-state index contributed by atoms with van der Waals surface area (Å²) in [5.74, 6) is 3.88. The van der Waals surface area contributed by atoms with Gasteiger partial charge >= 0.3 is 0 Å². The van der Waals surface area contributed by atoms with Crippen molar-refractivity contribution in [2.75, 3.05) is 6.54 Å². The molecule has 2 nitrogen and oxygen atoms in total. The highest BCUT2D eigenvalue weighted by Crippen LogP contribution is 2.38. The molecule has 2 heteroatoms. The molecule has 0 radical (unpaired) electrons. The van der Waals surface area contributed by atoms with Crippen molar-refractivity contribution in [3.05, 3.63) is 23.7 Å². The Morgan fingerprint density at radius 2 is 1.95 bits per heavy atom. The zero-order valence-electron chi connectivity index (χ0n) is 12.7. The highest BCUT2D eigenvalue weighted by atomic mass is 16.3. The molecular weight excluding hydrogens is 234 g/mol. The highest BCUT2D eigenvalue weighted by molar-refractivity contribution is 5.11. The lowest BCUT2D eigenvalue weighted by molar-refractivity contribution is 0.201. The average molecular weight is 263 g/mol. The summed E-state index contributed by atoms with van der Waals surface area (Å²) < 4.78 is 5.89. The van der Waals surface area contributed by atoms with Crippen LogP contribution in [0.1, 0.15) is 69.9 Å². The van der Waals surface area contributed by atoms with Crippen LogP contribution in [0.15, 0.2) is 16.5 Å². The molecule has 2 rings (SSSR count). The predicted octanol–water partition coefficient (Wildman–Crippen LogP) is 4.85. The van der Waals surface area contributed by atoms with Gasteiger partial charge in [0.1, 0.15) is 11.5 Å². The van der Waals surface area contributed by atoms with Gasteiger partial charge in [0.15, 0.2) is 0 Å². The molecule has 19 heavy (non-hydrogen) atoms. The molecule has 1 aliphatic carbocycles. The molecule has 0 aromatic carbocycles. The van der Waals surface area contributed by atoms with Crippen molar-refractivity contribution in [3.63, 3.8) is 0 Å². The first-order valence-corrected chi connectivity index (χ1v) is 8.04. The van der Waals surface area contributed by atoms with E-state index in [0.717, 1.165) is 29.9 Å². The maximum absolute atomic E-state index is 5.89. The maximum Gasteiger partial charge on any atom is 0.121 e. The largest absolute Gasteiger partial charge is 0.465 e. The molecule has 1 aromatic rings. The van der Waals surface area contributed by atoms with Crippen LogP contribution in [0.4, 0.5) is 0 Å². The van der Waals surface area contributed by atoms with Crippen molar-refractivity contribution < 1.29 is 4.42 Å². The second kappa shape index (κ2) is 7.14. The van der Waals surface area contributed by atoms with Crippen LogP contribution in [0.25, 0.3) is 0 Å². The second-order valence-corrected chi connectivity index (χ2v) is 6.07. The number of nitrogens with one attached hydrogen (secondary N) is 1. The first-order chi connectivity index (χ1) is 9.24. The van der Waals surface area contributed by atoms with Gasteiger partial charge in [-0.15, -0.1) is 0 Å². The number of rotatable bonds is 6. The summed E-state index contributed by atoms with van der Waals surface area (Å²) in [6.45, 7) is 7.67. The summed E-state index contributed by atoms with van der Waals surface area (Å²) in [6, 6.07) is 4.67. The van der Waals surface area contributed by atoms with Gasteiger partial charge in [-0.05, 0) is 56.7 Å². The fraction of sp³-hybridized carbons (Fsp3) is 0.765. The molecule has 0 saturated heterocycles. The van der Waals surface area contributed by atoms with E-state index < -0.39 is 0 Å². The maximum atomic E-state index is 5.89. The number of aryl methyl sites for hydroxylation is 1. The first-order valence-electron chi connectivity index (χ1n) is 8.04. The molecule has 1 saturated carbocycles. The van der Waals surface area contributed by atoms with Crippen molar-refractivity contribution in [1.29, 1.82) is 0 Å². The summed E-state index contributed by atoms with van der Waals surface area (Å²) in [6.07, 6.45) is 8.01. The molecule has 0 bridgehead atoms. The van der Waals surface area contributed by atoms with Gasteiger partial charge in [0.2, 0.25) is 0 Å². The second-order valence-electron chi connectivity index (χ2n) is 6.07.